The van der Waals surface area contributed by atoms with Crippen LogP contribution in [0.1, 0.15) is 63.7 Å². The minimum atomic E-state index is -0.642. The molecule has 10 aromatic carbocycles. The maximum absolute atomic E-state index is 13.1. The third-order valence-electron chi connectivity index (χ3n) is 12.3. The summed E-state index contributed by atoms with van der Waals surface area (Å²) >= 11 is 4.24. The largest absolute Gasteiger partial charge is 0.285 e. The Kier molecular flexibility index (Phi) is 14.7. The summed E-state index contributed by atoms with van der Waals surface area (Å²) in [6.07, 6.45) is 6.66. The highest BCUT2D eigenvalue weighted by Gasteiger charge is 2.22. The van der Waals surface area contributed by atoms with Gasteiger partial charge in [-0.1, -0.05) is 157 Å². The van der Waals surface area contributed by atoms with Crippen molar-refractivity contribution in [3.05, 3.63) is 263 Å². The van der Waals surface area contributed by atoms with Crippen LogP contribution < -0.4 is 0 Å². The van der Waals surface area contributed by atoms with Crippen LogP contribution in [0.25, 0.3) is 65.2 Å². The van der Waals surface area contributed by atoms with E-state index in [0.29, 0.717) is 43.7 Å². The normalized spacial score (nSPS) is 10.6. The van der Waals surface area contributed by atoms with Gasteiger partial charge in [0.1, 0.15) is 0 Å². The average molecular weight is 1180 g/mol. The molecule has 0 radical (unpaired) electrons. The van der Waals surface area contributed by atoms with E-state index in [1.165, 1.54) is 0 Å². The van der Waals surface area contributed by atoms with E-state index >= 15 is 0 Å². The highest BCUT2D eigenvalue weighted by atomic mass is 128. The second kappa shape index (κ2) is 22.3. The second-order valence-electron chi connectivity index (χ2n) is 16.8. The molecule has 12 rings (SSSR count). The van der Waals surface area contributed by atoms with Crippen LogP contribution >= 0.6 is 37.2 Å². The van der Waals surface area contributed by atoms with Crippen molar-refractivity contribution < 1.29 is 19.2 Å². The molecule has 0 unspecified atom stereocenters. The Morgan fingerprint density at radius 2 is 0.541 bits per heavy atom. The van der Waals surface area contributed by atoms with Gasteiger partial charge >= 0.3 is 0 Å². The molecule has 12 aromatic rings. The van der Waals surface area contributed by atoms with Gasteiger partial charge in [0.05, 0.1) is 22.1 Å². The molecule has 8 nitrogen and oxygen atoms in total. The van der Waals surface area contributed by atoms with Crippen molar-refractivity contribution in [1.82, 2.24) is 19.9 Å². The van der Waals surface area contributed by atoms with E-state index in [1.807, 2.05) is 60.7 Å². The fourth-order valence-corrected chi connectivity index (χ4v) is 8.83. The van der Waals surface area contributed by atoms with Crippen LogP contribution in [0.2, 0.25) is 0 Å². The van der Waals surface area contributed by atoms with Crippen LogP contribution in [0.5, 0.6) is 0 Å². The number of aromatic nitrogens is 4. The lowest BCUT2D eigenvalue weighted by Crippen LogP contribution is -2.14. The molecule has 0 spiro atoms. The van der Waals surface area contributed by atoms with Crippen LogP contribution in [0.3, 0.4) is 0 Å². The summed E-state index contributed by atoms with van der Waals surface area (Å²) in [6, 6.07) is 59.4. The Labute approximate surface area is 448 Å². The van der Waals surface area contributed by atoms with Crippen LogP contribution in [0.4, 0.5) is 0 Å². The molecule has 350 valence electrons. The number of carbonyl (C=O) groups is 4. The molecule has 2 heterocycles. The van der Waals surface area contributed by atoms with E-state index in [-0.39, 0.29) is 11.1 Å². The quantitative estimate of drug-likeness (QED) is 0.0531. The van der Waals surface area contributed by atoms with Crippen molar-refractivity contribution in [1.29, 1.82) is 0 Å². The van der Waals surface area contributed by atoms with Crippen molar-refractivity contribution in [3.63, 3.8) is 0 Å². The Morgan fingerprint density at radius 1 is 0.270 bits per heavy atom. The van der Waals surface area contributed by atoms with E-state index in [9.17, 15) is 19.2 Å². The lowest BCUT2D eigenvalue weighted by atomic mass is 9.92. The fraction of sp³-hybridized carbons (Fsp3) is 0. The van der Waals surface area contributed by atoms with Crippen LogP contribution in [-0.4, -0.2) is 43.1 Å². The molecule has 0 aliphatic heterocycles. The third kappa shape index (κ3) is 10.1. The number of hydrogen-bond donors (Lipinski definition) is 0. The molecule has 10 heteroatoms. The van der Waals surface area contributed by atoms with Gasteiger partial charge < -0.3 is 0 Å². The van der Waals surface area contributed by atoms with Crippen molar-refractivity contribution >= 4 is 126 Å². The fourth-order valence-electron chi connectivity index (χ4n) is 8.83. The molecular weight excluding hydrogens is 1140 g/mol. The summed E-state index contributed by atoms with van der Waals surface area (Å²) in [5, 5.41) is 7.01. The number of Topliss-reactive ketones (excluding diaryl/α,β-unsaturated/α-hetero) is 4. The number of benzene rings is 10. The molecule has 74 heavy (non-hydrogen) atoms. The molecule has 2 aromatic heterocycles. The number of rotatable bonds is 6. The maximum Gasteiger partial charge on any atom is 0.233 e. The van der Waals surface area contributed by atoms with E-state index in [4.69, 9.17) is 0 Å². The first-order valence-corrected chi connectivity index (χ1v) is 29.4. The smallest absolute Gasteiger partial charge is 0.233 e. The molecule has 0 amide bonds. The number of ketones is 4. The number of hydrogen-bond acceptors (Lipinski definition) is 8. The summed E-state index contributed by atoms with van der Waals surface area (Å²) < 4.78 is 0. The first-order chi connectivity index (χ1) is 36.4. The van der Waals surface area contributed by atoms with Gasteiger partial charge in [-0.3, -0.25) is 39.1 Å². The minimum absolute atomic E-state index is 0.216. The Balaban J connectivity index is 0.000000165. The lowest BCUT2D eigenvalue weighted by molar-refractivity contribution is 0.0817. The van der Waals surface area contributed by atoms with Crippen LogP contribution in [0, 0.1) is 23.7 Å². The maximum atomic E-state index is 13.1. The molecule has 0 aliphatic carbocycles. The molecule has 0 saturated heterocycles. The topological polar surface area (TPSA) is 120 Å². The van der Waals surface area contributed by atoms with E-state index in [1.54, 1.807) is 122 Å². The predicted octanol–water partition coefficient (Wildman–Crippen LogP) is 14.6. The number of halogens is 2. The van der Waals surface area contributed by atoms with Gasteiger partial charge in [-0.2, -0.15) is 0 Å². The number of nitrogens with zero attached hydrogens (tertiary/aromatic N) is 4. The Bertz CT molecular complexity index is 4030. The molecular formula is C64H36I2N4O4. The van der Waals surface area contributed by atoms with Gasteiger partial charge in [0.15, 0.2) is 0 Å². The van der Waals surface area contributed by atoms with Gasteiger partial charge in [-0.05, 0) is 82.2 Å². The van der Waals surface area contributed by atoms with Crippen molar-refractivity contribution in [2.45, 2.75) is 0 Å². The van der Waals surface area contributed by atoms with Gasteiger partial charge in [0.2, 0.25) is 23.1 Å². The highest BCUT2D eigenvalue weighted by Crippen LogP contribution is 2.36. The molecule has 0 aliphatic rings. The summed E-state index contributed by atoms with van der Waals surface area (Å²) in [5.74, 6) is 10.6. The zero-order valence-corrected chi connectivity index (χ0v) is 43.3. The molecule has 0 N–H and O–H groups in total. The van der Waals surface area contributed by atoms with Gasteiger partial charge in [0, 0.05) is 128 Å². The second-order valence-corrected chi connectivity index (χ2v) is 16.8. The van der Waals surface area contributed by atoms with E-state index in [2.05, 4.69) is 117 Å². The molecule has 0 bridgehead atoms. The molecule has 0 atom stereocenters. The zero-order chi connectivity index (χ0) is 51.0. The monoisotopic (exact) mass is 1180 g/mol. The molecule has 0 fully saturated rings. The van der Waals surface area contributed by atoms with Gasteiger partial charge in [0.25, 0.3) is 0 Å². The minimum Gasteiger partial charge on any atom is -0.285 e. The third-order valence-corrected chi connectivity index (χ3v) is 12.3. The zero-order valence-electron chi connectivity index (χ0n) is 39.0. The number of fused-ring (bicyclic) bond motifs is 12. The SMILES string of the molecule is C(#Cc1ccc2c(c1)c1cc(C#Cc3ccccc3)ccc1c1nccnc21)c1ccccc1.II.O=C(C(=O)c1ccc2c(c1)c1cc(C(=O)C(=O)c3ccccc3)ccc1c1nccnc21)c1ccccc1. The summed E-state index contributed by atoms with van der Waals surface area (Å²) in [4.78, 5) is 70.3. The van der Waals surface area contributed by atoms with E-state index < -0.39 is 23.1 Å². The van der Waals surface area contributed by atoms with Crippen molar-refractivity contribution in [3.8, 4) is 23.7 Å². The lowest BCUT2D eigenvalue weighted by Gasteiger charge is -2.11. The summed E-state index contributed by atoms with van der Waals surface area (Å²) in [5.41, 5.74) is 8.00. The standard InChI is InChI=1S/C32H18N2O4.C32H18N2.I2/c35-29(19-7-3-1-4-8-19)31(37)21-11-13-23-25(17-21)26-18-22(32(38)30(36)20-9-5-2-6-10-20)12-14-24(26)28-27(23)33-15-16-34-28;1-3-7-23(8-4-1)11-13-25-15-17-27-29(21-25)30-22-26(14-12-24-9-5-2-6-10-24)16-18-28(30)32-31(27)33-19-20-34-32;1-2/h1-18H;1-10,15-22H;. The van der Waals surface area contributed by atoms with Gasteiger partial charge in [-0.15, -0.1) is 0 Å². The van der Waals surface area contributed by atoms with Gasteiger partial charge in [-0.25, -0.2) is 0 Å². The van der Waals surface area contributed by atoms with Crippen molar-refractivity contribution in [2.24, 2.45) is 0 Å². The first-order valence-electron chi connectivity index (χ1n) is 23.1. The highest BCUT2D eigenvalue weighted by molar-refractivity contribution is 15.0. The predicted molar refractivity (Wildman–Crippen MR) is 312 cm³/mol. The number of carbonyl (C=O) groups excluding carboxylic acids is 4. The van der Waals surface area contributed by atoms with Crippen molar-refractivity contribution in [2.75, 3.05) is 0 Å². The van der Waals surface area contributed by atoms with E-state index in [0.717, 1.165) is 54.8 Å². The van der Waals surface area contributed by atoms with Crippen LogP contribution in [0.15, 0.2) is 219 Å². The van der Waals surface area contributed by atoms with Crippen LogP contribution in [-0.2, 0) is 0 Å². The summed E-state index contributed by atoms with van der Waals surface area (Å²) in [6.45, 7) is 0. The molecule has 0 saturated carbocycles. The average Bonchev–Trinajstić information content (AvgIpc) is 3.49. The Morgan fingerprint density at radius 3 is 0.878 bits per heavy atom. The Hall–Kier alpha value is -8.82. The summed E-state index contributed by atoms with van der Waals surface area (Å²) in [7, 11) is 0. The first kappa shape index (κ1) is 48.8.